The maximum Gasteiger partial charge on any atom is 0.435 e. The number of nitrogens with zero attached hydrogens (tertiary/aromatic N) is 3. The highest BCUT2D eigenvalue weighted by molar-refractivity contribution is 7.87. The maximum absolute atomic E-state index is 12.7. The summed E-state index contributed by atoms with van der Waals surface area (Å²) in [5.74, 6) is -0.945. The van der Waals surface area contributed by atoms with E-state index in [4.69, 9.17) is 0 Å². The summed E-state index contributed by atoms with van der Waals surface area (Å²) in [7, 11) is -3.99. The lowest BCUT2D eigenvalue weighted by Gasteiger charge is -2.06. The summed E-state index contributed by atoms with van der Waals surface area (Å²) in [4.78, 5) is 3.82. The largest absolute Gasteiger partial charge is 0.435 e. The summed E-state index contributed by atoms with van der Waals surface area (Å²) in [6.45, 7) is 1.31. The molecule has 0 atom stereocenters. The van der Waals surface area contributed by atoms with E-state index in [0.29, 0.717) is 10.7 Å². The van der Waals surface area contributed by atoms with Crippen molar-refractivity contribution < 1.29 is 25.8 Å². The number of pyridine rings is 1. The summed E-state index contributed by atoms with van der Waals surface area (Å²) < 4.78 is 66.4. The molecule has 114 valence electrons. The highest BCUT2D eigenvalue weighted by Crippen LogP contribution is 2.32. The van der Waals surface area contributed by atoms with Gasteiger partial charge in [-0.15, -0.1) is 0 Å². The molecule has 21 heavy (non-hydrogen) atoms. The number of rotatable bonds is 4. The van der Waals surface area contributed by atoms with E-state index < -0.39 is 27.9 Å². The van der Waals surface area contributed by atoms with E-state index in [1.54, 1.807) is 6.07 Å². The molecule has 2 aromatic heterocycles. The third kappa shape index (κ3) is 3.51. The second-order valence-corrected chi connectivity index (χ2v) is 5.75. The van der Waals surface area contributed by atoms with Crippen LogP contribution in [-0.4, -0.2) is 28.9 Å². The molecule has 10 heteroatoms. The summed E-state index contributed by atoms with van der Waals surface area (Å²) >= 11 is 0. The molecule has 0 unspecified atom stereocenters. The van der Waals surface area contributed by atoms with E-state index in [2.05, 4.69) is 14.3 Å². The smallest absolute Gasteiger partial charge is 0.361 e. The molecule has 0 aliphatic heterocycles. The molecule has 2 aromatic rings. The van der Waals surface area contributed by atoms with Crippen LogP contribution >= 0.6 is 0 Å². The Morgan fingerprint density at radius 3 is 2.57 bits per heavy atom. The van der Waals surface area contributed by atoms with Crippen LogP contribution in [0.15, 0.2) is 30.5 Å². The monoisotopic (exact) mass is 321 g/mol. The fourth-order valence-electron chi connectivity index (χ4n) is 1.39. The summed E-state index contributed by atoms with van der Waals surface area (Å²) in [5.41, 5.74) is -1.27. The first kappa shape index (κ1) is 15.3. The summed E-state index contributed by atoms with van der Waals surface area (Å²) in [6, 6.07) is 4.97. The van der Waals surface area contributed by atoms with E-state index in [1.165, 1.54) is 25.3 Å². The van der Waals surface area contributed by atoms with Crippen LogP contribution < -0.4 is 4.18 Å². The molecule has 0 bridgehead atoms. The van der Waals surface area contributed by atoms with Gasteiger partial charge in [-0.2, -0.15) is 31.4 Å². The van der Waals surface area contributed by atoms with Gasteiger partial charge in [-0.3, -0.25) is 0 Å². The van der Waals surface area contributed by atoms with E-state index in [0.717, 1.165) is 0 Å². The number of hydrogen-bond acceptors (Lipinski definition) is 5. The van der Waals surface area contributed by atoms with Gasteiger partial charge in [0.15, 0.2) is 11.5 Å². The zero-order valence-corrected chi connectivity index (χ0v) is 11.5. The quantitative estimate of drug-likeness (QED) is 0.805. The zero-order valence-electron chi connectivity index (χ0n) is 10.7. The Bertz CT molecular complexity index is 726. The molecule has 0 radical (unpaired) electrons. The third-order valence-corrected chi connectivity index (χ3v) is 3.53. The van der Waals surface area contributed by atoms with Gasteiger partial charge in [0, 0.05) is 12.3 Å². The van der Waals surface area contributed by atoms with Gasteiger partial charge in [0.05, 0.1) is 5.75 Å². The first-order chi connectivity index (χ1) is 9.73. The first-order valence-corrected chi connectivity index (χ1v) is 7.31. The molecule has 0 amide bonds. The van der Waals surface area contributed by atoms with Crippen LogP contribution in [0.1, 0.15) is 12.6 Å². The van der Waals surface area contributed by atoms with E-state index >= 15 is 0 Å². The Hall–Kier alpha value is -2.10. The number of aromatic nitrogens is 3. The van der Waals surface area contributed by atoms with Crippen LogP contribution in [-0.2, 0) is 16.3 Å². The Morgan fingerprint density at radius 1 is 1.33 bits per heavy atom. The lowest BCUT2D eigenvalue weighted by atomic mass is 10.4. The Balaban J connectivity index is 2.55. The topological polar surface area (TPSA) is 74.1 Å². The van der Waals surface area contributed by atoms with Gasteiger partial charge >= 0.3 is 16.3 Å². The maximum atomic E-state index is 12.7. The fourth-order valence-corrected chi connectivity index (χ4v) is 1.89. The van der Waals surface area contributed by atoms with Crippen molar-refractivity contribution in [3.05, 3.63) is 36.2 Å². The predicted molar refractivity (Wildman–Crippen MR) is 66.4 cm³/mol. The molecule has 0 saturated carbocycles. The fraction of sp³-hybridized carbons (Fsp3) is 0.273. The first-order valence-electron chi connectivity index (χ1n) is 5.74. The van der Waals surface area contributed by atoms with Crippen molar-refractivity contribution in [2.75, 3.05) is 5.75 Å². The minimum Gasteiger partial charge on any atom is -0.361 e. The molecule has 0 spiro atoms. The van der Waals surface area contributed by atoms with Crippen molar-refractivity contribution >= 4 is 10.1 Å². The van der Waals surface area contributed by atoms with Gasteiger partial charge < -0.3 is 4.18 Å². The van der Waals surface area contributed by atoms with Crippen molar-refractivity contribution in [3.8, 4) is 11.7 Å². The highest BCUT2D eigenvalue weighted by Gasteiger charge is 2.36. The average molecular weight is 321 g/mol. The molecule has 0 N–H and O–H groups in total. The SMILES string of the molecule is CCS(=O)(=O)Oc1cc(C(F)(F)F)nn1-c1ccccn1. The van der Waals surface area contributed by atoms with Crippen LogP contribution in [0, 0.1) is 0 Å². The summed E-state index contributed by atoms with van der Waals surface area (Å²) in [5, 5.41) is 3.31. The molecule has 0 aromatic carbocycles. The molecule has 0 saturated heterocycles. The predicted octanol–water partition coefficient (Wildman–Crippen LogP) is 2.01. The normalized spacial score (nSPS) is 12.4. The second kappa shape index (κ2) is 5.35. The second-order valence-electron chi connectivity index (χ2n) is 3.90. The van der Waals surface area contributed by atoms with E-state index in [9.17, 15) is 21.6 Å². The van der Waals surface area contributed by atoms with Gasteiger partial charge in [0.1, 0.15) is 0 Å². The molecule has 0 aliphatic rings. The van der Waals surface area contributed by atoms with Crippen molar-refractivity contribution in [1.82, 2.24) is 14.8 Å². The van der Waals surface area contributed by atoms with Gasteiger partial charge in [-0.25, -0.2) is 4.98 Å². The van der Waals surface area contributed by atoms with Crippen LogP contribution in [0.25, 0.3) is 5.82 Å². The Morgan fingerprint density at radius 2 is 2.05 bits per heavy atom. The number of halogens is 3. The number of hydrogen-bond donors (Lipinski definition) is 0. The Kier molecular flexibility index (Phi) is 3.90. The van der Waals surface area contributed by atoms with Crippen molar-refractivity contribution in [2.45, 2.75) is 13.1 Å². The lowest BCUT2D eigenvalue weighted by molar-refractivity contribution is -0.141. The standard InChI is InChI=1S/C11H10F3N3O3S/c1-2-21(18,19)20-10-7-8(11(12,13)14)16-17(10)9-5-3-4-6-15-9/h3-7H,2H2,1H3. The molecule has 0 aliphatic carbocycles. The van der Waals surface area contributed by atoms with Crippen LogP contribution in [0.5, 0.6) is 5.88 Å². The zero-order chi connectivity index (χ0) is 15.7. The van der Waals surface area contributed by atoms with Gasteiger partial charge in [0.25, 0.3) is 0 Å². The molecule has 0 fully saturated rings. The average Bonchev–Trinajstić information content (AvgIpc) is 2.83. The third-order valence-electron chi connectivity index (χ3n) is 2.40. The minimum atomic E-state index is -4.73. The molecule has 2 heterocycles. The summed E-state index contributed by atoms with van der Waals surface area (Å²) in [6.07, 6.45) is -3.39. The molecular formula is C11H10F3N3O3S. The van der Waals surface area contributed by atoms with Gasteiger partial charge in [0.2, 0.25) is 5.88 Å². The highest BCUT2D eigenvalue weighted by atomic mass is 32.2. The lowest BCUT2D eigenvalue weighted by Crippen LogP contribution is -2.14. The van der Waals surface area contributed by atoms with Gasteiger partial charge in [-0.05, 0) is 19.1 Å². The van der Waals surface area contributed by atoms with E-state index in [-0.39, 0.29) is 11.6 Å². The molecular weight excluding hydrogens is 311 g/mol. The van der Waals surface area contributed by atoms with Crippen molar-refractivity contribution in [2.24, 2.45) is 0 Å². The number of alkyl halides is 3. The Labute approximate surface area is 118 Å². The van der Waals surface area contributed by atoms with Crippen LogP contribution in [0.4, 0.5) is 13.2 Å². The molecule has 2 rings (SSSR count). The van der Waals surface area contributed by atoms with Crippen LogP contribution in [0.2, 0.25) is 0 Å². The minimum absolute atomic E-state index is 0.00861. The van der Waals surface area contributed by atoms with Gasteiger partial charge in [-0.1, -0.05) is 6.07 Å². The van der Waals surface area contributed by atoms with Crippen LogP contribution in [0.3, 0.4) is 0 Å². The van der Waals surface area contributed by atoms with Crippen molar-refractivity contribution in [1.29, 1.82) is 0 Å². The molecule has 6 nitrogen and oxygen atoms in total. The van der Waals surface area contributed by atoms with Crippen molar-refractivity contribution in [3.63, 3.8) is 0 Å². The van der Waals surface area contributed by atoms with E-state index in [1.807, 2.05) is 0 Å².